The molecule has 2 heteroatoms. The number of unbranched alkanes of at least 4 members (excludes halogenated alkanes) is 1. The number of carbonyl (C=O) groups excluding carboxylic acids is 1. The number of hydrogen-bond donors (Lipinski definition) is 1. The molecule has 0 spiro atoms. The Bertz CT molecular complexity index is 134. The fourth-order valence-corrected chi connectivity index (χ4v) is 1.66. The number of ketones is 1. The molecule has 0 radical (unpaired) electrons. The summed E-state index contributed by atoms with van der Waals surface area (Å²) in [5.41, 5.74) is 0. The highest BCUT2D eigenvalue weighted by molar-refractivity contribution is 7.80. The molecular weight excluding hydrogens is 180 g/mol. The van der Waals surface area contributed by atoms with Gasteiger partial charge >= 0.3 is 0 Å². The second-order valence-electron chi connectivity index (χ2n) is 3.54. The van der Waals surface area contributed by atoms with Crippen molar-refractivity contribution in [2.45, 2.75) is 52.4 Å². The van der Waals surface area contributed by atoms with Gasteiger partial charge in [0.15, 0.2) is 0 Å². The number of Topliss-reactive ketones (excluding diaryl/α,β-unsaturated/α-hetero) is 1. The molecule has 0 saturated heterocycles. The van der Waals surface area contributed by atoms with E-state index in [4.69, 9.17) is 0 Å². The number of rotatable bonds is 8. The van der Waals surface area contributed by atoms with Crippen LogP contribution in [0.25, 0.3) is 0 Å². The third-order valence-electron chi connectivity index (χ3n) is 2.44. The summed E-state index contributed by atoms with van der Waals surface area (Å²) in [6, 6.07) is 0. The van der Waals surface area contributed by atoms with E-state index in [-0.39, 0.29) is 0 Å². The minimum absolute atomic E-state index is 0.319. The predicted molar refractivity (Wildman–Crippen MR) is 61.4 cm³/mol. The molecule has 0 rings (SSSR count). The fourth-order valence-electron chi connectivity index (χ4n) is 1.50. The molecule has 0 fully saturated rings. The first-order valence-electron chi connectivity index (χ1n) is 5.39. The van der Waals surface area contributed by atoms with Crippen LogP contribution < -0.4 is 0 Å². The Morgan fingerprint density at radius 1 is 1.31 bits per heavy atom. The zero-order chi connectivity index (χ0) is 10.1. The van der Waals surface area contributed by atoms with Gasteiger partial charge in [-0.05, 0) is 25.0 Å². The van der Waals surface area contributed by atoms with Crippen molar-refractivity contribution in [1.82, 2.24) is 0 Å². The maximum Gasteiger partial charge on any atom is 0.135 e. The van der Waals surface area contributed by atoms with E-state index in [1.165, 1.54) is 12.8 Å². The third kappa shape index (κ3) is 6.14. The van der Waals surface area contributed by atoms with Crippen molar-refractivity contribution in [3.05, 3.63) is 0 Å². The second kappa shape index (κ2) is 8.61. The summed E-state index contributed by atoms with van der Waals surface area (Å²) in [5, 5.41) is 0. The van der Waals surface area contributed by atoms with E-state index in [1.54, 1.807) is 0 Å². The van der Waals surface area contributed by atoms with Crippen LogP contribution >= 0.6 is 12.6 Å². The first-order valence-corrected chi connectivity index (χ1v) is 6.03. The topological polar surface area (TPSA) is 17.1 Å². The summed E-state index contributed by atoms with van der Waals surface area (Å²) >= 11 is 4.11. The molecule has 0 amide bonds. The summed E-state index contributed by atoms with van der Waals surface area (Å²) in [6.45, 7) is 4.28. The van der Waals surface area contributed by atoms with Crippen LogP contribution in [0.2, 0.25) is 0 Å². The first-order chi connectivity index (χ1) is 6.26. The van der Waals surface area contributed by atoms with Crippen molar-refractivity contribution in [1.29, 1.82) is 0 Å². The van der Waals surface area contributed by atoms with Crippen molar-refractivity contribution >= 4 is 18.4 Å². The minimum atomic E-state index is 0.319. The number of hydrogen-bond acceptors (Lipinski definition) is 2. The quantitative estimate of drug-likeness (QED) is 0.596. The molecule has 1 nitrogen and oxygen atoms in total. The highest BCUT2D eigenvalue weighted by atomic mass is 32.1. The first kappa shape index (κ1) is 13.0. The van der Waals surface area contributed by atoms with Crippen LogP contribution in [0.1, 0.15) is 52.4 Å². The highest BCUT2D eigenvalue weighted by Crippen LogP contribution is 2.16. The lowest BCUT2D eigenvalue weighted by Gasteiger charge is -2.12. The highest BCUT2D eigenvalue weighted by Gasteiger charge is 2.14. The van der Waals surface area contributed by atoms with Gasteiger partial charge in [-0.1, -0.05) is 26.7 Å². The van der Waals surface area contributed by atoms with Gasteiger partial charge in [0.2, 0.25) is 0 Å². The summed E-state index contributed by atoms with van der Waals surface area (Å²) in [7, 11) is 0. The number of carbonyl (C=O) groups is 1. The Labute approximate surface area is 87.7 Å². The molecule has 0 aliphatic carbocycles. The average Bonchev–Trinajstić information content (AvgIpc) is 2.16. The summed E-state index contributed by atoms with van der Waals surface area (Å²) < 4.78 is 0. The second-order valence-corrected chi connectivity index (χ2v) is 3.99. The zero-order valence-corrected chi connectivity index (χ0v) is 9.78. The lowest BCUT2D eigenvalue weighted by molar-refractivity contribution is -0.123. The van der Waals surface area contributed by atoms with Gasteiger partial charge in [-0.25, -0.2) is 0 Å². The van der Waals surface area contributed by atoms with E-state index >= 15 is 0 Å². The molecule has 0 heterocycles. The van der Waals surface area contributed by atoms with E-state index in [9.17, 15) is 4.79 Å². The Morgan fingerprint density at radius 2 is 2.00 bits per heavy atom. The molecule has 0 aliphatic heterocycles. The SMILES string of the molecule is CCCCC(CC)C(=O)CCCS. The molecule has 78 valence electrons. The van der Waals surface area contributed by atoms with Gasteiger partial charge in [-0.15, -0.1) is 0 Å². The standard InChI is InChI=1S/C11H22OS/c1-3-5-7-10(4-2)11(12)8-6-9-13/h10,13H,3-9H2,1-2H3. The van der Waals surface area contributed by atoms with Gasteiger partial charge in [0.25, 0.3) is 0 Å². The van der Waals surface area contributed by atoms with Gasteiger partial charge in [0.1, 0.15) is 5.78 Å². The summed E-state index contributed by atoms with van der Waals surface area (Å²) in [6.07, 6.45) is 6.13. The monoisotopic (exact) mass is 202 g/mol. The molecule has 1 unspecified atom stereocenters. The van der Waals surface area contributed by atoms with Crippen molar-refractivity contribution < 1.29 is 4.79 Å². The van der Waals surface area contributed by atoms with Gasteiger partial charge in [0, 0.05) is 12.3 Å². The summed E-state index contributed by atoms with van der Waals surface area (Å²) in [5.74, 6) is 1.60. The maximum absolute atomic E-state index is 11.6. The normalized spacial score (nSPS) is 12.8. The van der Waals surface area contributed by atoms with Gasteiger partial charge in [0.05, 0.1) is 0 Å². The molecule has 0 aromatic carbocycles. The molecule has 0 bridgehead atoms. The van der Waals surface area contributed by atoms with Gasteiger partial charge in [-0.3, -0.25) is 4.79 Å². The molecule has 0 saturated carbocycles. The Hall–Kier alpha value is 0.0200. The van der Waals surface area contributed by atoms with E-state index in [1.807, 2.05) is 0 Å². The predicted octanol–water partition coefficient (Wildman–Crippen LogP) is 3.48. The molecule has 0 N–H and O–H groups in total. The molecule has 1 atom stereocenters. The van der Waals surface area contributed by atoms with Crippen LogP contribution in [-0.4, -0.2) is 11.5 Å². The van der Waals surface area contributed by atoms with Crippen LogP contribution in [0.3, 0.4) is 0 Å². The van der Waals surface area contributed by atoms with Crippen molar-refractivity contribution in [2.24, 2.45) is 5.92 Å². The Morgan fingerprint density at radius 3 is 2.46 bits per heavy atom. The van der Waals surface area contributed by atoms with E-state index in [0.717, 1.165) is 31.4 Å². The molecular formula is C11H22OS. The Kier molecular flexibility index (Phi) is 8.62. The van der Waals surface area contributed by atoms with Gasteiger partial charge < -0.3 is 0 Å². The lowest BCUT2D eigenvalue weighted by atomic mass is 9.92. The largest absolute Gasteiger partial charge is 0.299 e. The van der Waals surface area contributed by atoms with Crippen molar-refractivity contribution in [2.75, 3.05) is 5.75 Å². The molecule has 0 aromatic rings. The van der Waals surface area contributed by atoms with E-state index < -0.39 is 0 Å². The molecule has 0 aromatic heterocycles. The van der Waals surface area contributed by atoms with Crippen LogP contribution in [-0.2, 0) is 4.79 Å². The van der Waals surface area contributed by atoms with Gasteiger partial charge in [-0.2, -0.15) is 12.6 Å². The zero-order valence-electron chi connectivity index (χ0n) is 8.88. The van der Waals surface area contributed by atoms with E-state index in [2.05, 4.69) is 26.5 Å². The molecule has 0 aliphatic rings. The summed E-state index contributed by atoms with van der Waals surface area (Å²) in [4.78, 5) is 11.6. The fraction of sp³-hybridized carbons (Fsp3) is 0.909. The smallest absolute Gasteiger partial charge is 0.135 e. The molecule has 13 heavy (non-hydrogen) atoms. The van der Waals surface area contributed by atoms with Crippen molar-refractivity contribution in [3.8, 4) is 0 Å². The van der Waals surface area contributed by atoms with Crippen LogP contribution in [0.5, 0.6) is 0 Å². The Balaban J connectivity index is 3.71. The minimum Gasteiger partial charge on any atom is -0.299 e. The third-order valence-corrected chi connectivity index (χ3v) is 2.75. The lowest BCUT2D eigenvalue weighted by Crippen LogP contribution is -2.13. The number of thiol groups is 1. The van der Waals surface area contributed by atoms with Crippen LogP contribution in [0, 0.1) is 5.92 Å². The average molecular weight is 202 g/mol. The van der Waals surface area contributed by atoms with Crippen molar-refractivity contribution in [3.63, 3.8) is 0 Å². The maximum atomic E-state index is 11.6. The van der Waals surface area contributed by atoms with Crippen LogP contribution in [0.4, 0.5) is 0 Å². The van der Waals surface area contributed by atoms with E-state index in [0.29, 0.717) is 11.7 Å². The van der Waals surface area contributed by atoms with Crippen LogP contribution in [0.15, 0.2) is 0 Å².